The van der Waals surface area contributed by atoms with Gasteiger partial charge in [-0.1, -0.05) is 20.8 Å². The van der Waals surface area contributed by atoms with Gasteiger partial charge in [-0.2, -0.15) is 0 Å². The number of nitrogens with zero attached hydrogens (tertiary/aromatic N) is 1. The van der Waals surface area contributed by atoms with Crippen molar-refractivity contribution in [3.05, 3.63) is 16.1 Å². The Morgan fingerprint density at radius 1 is 1.44 bits per heavy atom. The van der Waals surface area contributed by atoms with Crippen LogP contribution in [0.3, 0.4) is 0 Å². The van der Waals surface area contributed by atoms with E-state index in [0.29, 0.717) is 12.1 Å². The average molecular weight is 268 g/mol. The van der Waals surface area contributed by atoms with Crippen LogP contribution in [0.1, 0.15) is 50.4 Å². The highest BCUT2D eigenvalue weighted by molar-refractivity contribution is 7.11. The second kappa shape index (κ2) is 5.68. The van der Waals surface area contributed by atoms with Crippen LogP contribution in [0.25, 0.3) is 0 Å². The Kier molecular flexibility index (Phi) is 4.41. The summed E-state index contributed by atoms with van der Waals surface area (Å²) >= 11 is 1.82. The van der Waals surface area contributed by atoms with E-state index in [9.17, 15) is 0 Å². The van der Waals surface area contributed by atoms with E-state index in [2.05, 4.69) is 38.0 Å². The van der Waals surface area contributed by atoms with Gasteiger partial charge in [0.05, 0.1) is 11.1 Å². The molecule has 1 aliphatic rings. The van der Waals surface area contributed by atoms with Crippen molar-refractivity contribution in [3.8, 4) is 0 Å². The zero-order chi connectivity index (χ0) is 13.2. The minimum Gasteiger partial charge on any atom is -0.378 e. The van der Waals surface area contributed by atoms with Crippen molar-refractivity contribution >= 4 is 11.3 Å². The maximum absolute atomic E-state index is 5.56. The SMILES string of the molecule is CCOC1CC(NCc2cnc(C(C)(C)C)s2)C1. The third-order valence-corrected chi connectivity index (χ3v) is 4.68. The minimum atomic E-state index is 0.166. The molecule has 3 nitrogen and oxygen atoms in total. The van der Waals surface area contributed by atoms with Crippen LogP contribution in [0.15, 0.2) is 6.20 Å². The molecule has 0 aromatic carbocycles. The summed E-state index contributed by atoms with van der Waals surface area (Å²) in [4.78, 5) is 5.84. The predicted molar refractivity (Wildman–Crippen MR) is 76.1 cm³/mol. The highest BCUT2D eigenvalue weighted by Crippen LogP contribution is 2.28. The van der Waals surface area contributed by atoms with Gasteiger partial charge in [-0.15, -0.1) is 11.3 Å². The topological polar surface area (TPSA) is 34.1 Å². The largest absolute Gasteiger partial charge is 0.378 e. The van der Waals surface area contributed by atoms with Crippen molar-refractivity contribution in [1.29, 1.82) is 0 Å². The van der Waals surface area contributed by atoms with Crippen LogP contribution in [0, 0.1) is 0 Å². The molecule has 0 aliphatic heterocycles. The molecular formula is C14H24N2OS. The van der Waals surface area contributed by atoms with Crippen molar-refractivity contribution < 1.29 is 4.74 Å². The molecule has 1 aliphatic carbocycles. The summed E-state index contributed by atoms with van der Waals surface area (Å²) in [6.07, 6.45) is 4.80. The Balaban J connectivity index is 1.73. The zero-order valence-corrected chi connectivity index (χ0v) is 12.6. The van der Waals surface area contributed by atoms with E-state index in [-0.39, 0.29) is 5.41 Å². The lowest BCUT2D eigenvalue weighted by Crippen LogP contribution is -2.44. The molecular weight excluding hydrogens is 244 g/mol. The van der Waals surface area contributed by atoms with Crippen LogP contribution >= 0.6 is 11.3 Å². The van der Waals surface area contributed by atoms with Gasteiger partial charge in [-0.05, 0) is 19.8 Å². The number of hydrogen-bond donors (Lipinski definition) is 1. The Labute approximate surface area is 114 Å². The lowest BCUT2D eigenvalue weighted by Gasteiger charge is -2.35. The number of rotatable bonds is 5. The zero-order valence-electron chi connectivity index (χ0n) is 11.8. The number of ether oxygens (including phenoxy) is 1. The quantitative estimate of drug-likeness (QED) is 0.891. The van der Waals surface area contributed by atoms with Crippen molar-refractivity contribution in [1.82, 2.24) is 10.3 Å². The van der Waals surface area contributed by atoms with Gasteiger partial charge in [0, 0.05) is 35.7 Å². The molecule has 1 heterocycles. The van der Waals surface area contributed by atoms with Gasteiger partial charge in [-0.25, -0.2) is 4.98 Å². The van der Waals surface area contributed by atoms with Gasteiger partial charge in [0.1, 0.15) is 0 Å². The van der Waals surface area contributed by atoms with Gasteiger partial charge in [-0.3, -0.25) is 0 Å². The molecule has 0 atom stereocenters. The smallest absolute Gasteiger partial charge is 0.0981 e. The summed E-state index contributed by atoms with van der Waals surface area (Å²) in [6.45, 7) is 10.5. The Morgan fingerprint density at radius 3 is 2.72 bits per heavy atom. The fourth-order valence-electron chi connectivity index (χ4n) is 2.08. The standard InChI is InChI=1S/C14H24N2OS/c1-5-17-11-6-10(7-11)15-8-12-9-16-13(18-12)14(2,3)4/h9-11,15H,5-8H2,1-4H3. The maximum Gasteiger partial charge on any atom is 0.0981 e. The summed E-state index contributed by atoms with van der Waals surface area (Å²) < 4.78 is 5.56. The van der Waals surface area contributed by atoms with Crippen molar-refractivity contribution in [2.75, 3.05) is 6.61 Å². The van der Waals surface area contributed by atoms with E-state index in [1.165, 1.54) is 9.88 Å². The first kappa shape index (κ1) is 14.0. The first-order valence-corrected chi connectivity index (χ1v) is 7.61. The molecule has 18 heavy (non-hydrogen) atoms. The molecule has 0 bridgehead atoms. The van der Waals surface area contributed by atoms with Gasteiger partial charge in [0.15, 0.2) is 0 Å². The number of thiazole rings is 1. The van der Waals surface area contributed by atoms with Crippen molar-refractivity contribution in [2.24, 2.45) is 0 Å². The molecule has 2 rings (SSSR count). The summed E-state index contributed by atoms with van der Waals surface area (Å²) in [7, 11) is 0. The number of hydrogen-bond acceptors (Lipinski definition) is 4. The summed E-state index contributed by atoms with van der Waals surface area (Å²) in [6, 6.07) is 0.627. The summed E-state index contributed by atoms with van der Waals surface area (Å²) in [5, 5.41) is 4.80. The average Bonchev–Trinajstić information content (AvgIpc) is 2.69. The van der Waals surface area contributed by atoms with Crippen LogP contribution in [0.5, 0.6) is 0 Å². The normalized spacial score (nSPS) is 24.0. The third-order valence-electron chi connectivity index (χ3n) is 3.26. The molecule has 1 N–H and O–H groups in total. The van der Waals surface area contributed by atoms with Gasteiger partial charge < -0.3 is 10.1 Å². The molecule has 1 aromatic heterocycles. The Bertz CT molecular complexity index is 377. The predicted octanol–water partition coefficient (Wildman–Crippen LogP) is 3.10. The molecule has 1 aromatic rings. The molecule has 0 unspecified atom stereocenters. The first-order chi connectivity index (χ1) is 8.49. The monoisotopic (exact) mass is 268 g/mol. The van der Waals surface area contributed by atoms with Crippen molar-refractivity contribution in [2.45, 2.75) is 64.6 Å². The Morgan fingerprint density at radius 2 is 2.17 bits per heavy atom. The summed E-state index contributed by atoms with van der Waals surface area (Å²) in [5.41, 5.74) is 0.166. The van der Waals surface area contributed by atoms with E-state index in [0.717, 1.165) is 26.0 Å². The molecule has 0 spiro atoms. The van der Waals surface area contributed by atoms with Crippen LogP contribution in [0.4, 0.5) is 0 Å². The van der Waals surface area contributed by atoms with E-state index < -0.39 is 0 Å². The molecule has 0 saturated heterocycles. The van der Waals surface area contributed by atoms with Crippen LogP contribution in [-0.4, -0.2) is 23.7 Å². The second-order valence-electron chi connectivity index (χ2n) is 6.01. The molecule has 102 valence electrons. The van der Waals surface area contributed by atoms with E-state index in [1.807, 2.05) is 17.5 Å². The van der Waals surface area contributed by atoms with Gasteiger partial charge >= 0.3 is 0 Å². The third kappa shape index (κ3) is 3.53. The molecule has 0 radical (unpaired) electrons. The van der Waals surface area contributed by atoms with E-state index in [4.69, 9.17) is 4.74 Å². The molecule has 1 saturated carbocycles. The van der Waals surface area contributed by atoms with E-state index in [1.54, 1.807) is 0 Å². The van der Waals surface area contributed by atoms with Crippen LogP contribution in [-0.2, 0) is 16.7 Å². The molecule has 4 heteroatoms. The summed E-state index contributed by atoms with van der Waals surface area (Å²) in [5.74, 6) is 0. The first-order valence-electron chi connectivity index (χ1n) is 6.79. The fourth-order valence-corrected chi connectivity index (χ4v) is 3.01. The minimum absolute atomic E-state index is 0.166. The number of aromatic nitrogens is 1. The second-order valence-corrected chi connectivity index (χ2v) is 7.12. The van der Waals surface area contributed by atoms with Gasteiger partial charge in [0.25, 0.3) is 0 Å². The van der Waals surface area contributed by atoms with Crippen LogP contribution in [0.2, 0.25) is 0 Å². The molecule has 0 amide bonds. The Hall–Kier alpha value is -0.450. The lowest BCUT2D eigenvalue weighted by atomic mass is 9.89. The van der Waals surface area contributed by atoms with Crippen LogP contribution < -0.4 is 5.32 Å². The molecule has 1 fully saturated rings. The number of nitrogens with one attached hydrogen (secondary N) is 1. The maximum atomic E-state index is 5.56. The van der Waals surface area contributed by atoms with Gasteiger partial charge in [0.2, 0.25) is 0 Å². The highest BCUT2D eigenvalue weighted by Gasteiger charge is 2.29. The highest BCUT2D eigenvalue weighted by atomic mass is 32.1. The van der Waals surface area contributed by atoms with E-state index >= 15 is 0 Å². The lowest BCUT2D eigenvalue weighted by molar-refractivity contribution is -0.0101. The fraction of sp³-hybridized carbons (Fsp3) is 0.786. The van der Waals surface area contributed by atoms with Crippen molar-refractivity contribution in [3.63, 3.8) is 0 Å².